The van der Waals surface area contributed by atoms with Gasteiger partial charge >= 0.3 is 0 Å². The van der Waals surface area contributed by atoms with E-state index in [1.807, 2.05) is 6.92 Å². The van der Waals surface area contributed by atoms with Crippen molar-refractivity contribution in [1.82, 2.24) is 0 Å². The molecule has 118 valence electrons. The summed E-state index contributed by atoms with van der Waals surface area (Å²) in [5, 5.41) is 10.9. The molecule has 1 aromatic carbocycles. The minimum absolute atomic E-state index is 0.000551. The van der Waals surface area contributed by atoms with Gasteiger partial charge in [-0.25, -0.2) is 0 Å². The second kappa shape index (κ2) is 7.26. The lowest BCUT2D eigenvalue weighted by atomic mass is 10.2. The van der Waals surface area contributed by atoms with Crippen LogP contribution in [-0.4, -0.2) is 42.4 Å². The molecule has 21 heavy (non-hydrogen) atoms. The molecule has 0 aliphatic rings. The van der Waals surface area contributed by atoms with E-state index in [2.05, 4.69) is 20.8 Å². The van der Waals surface area contributed by atoms with Crippen molar-refractivity contribution < 1.29 is 18.9 Å². The molecule has 0 aromatic heterocycles. The molecule has 6 nitrogen and oxygen atoms in total. The predicted molar refractivity (Wildman–Crippen MR) is 81.6 cm³/mol. The minimum atomic E-state index is -0.432. The summed E-state index contributed by atoms with van der Waals surface area (Å²) in [5.41, 5.74) is 0.000551. The van der Waals surface area contributed by atoms with E-state index in [1.54, 1.807) is 6.07 Å². The number of nitrogens with zero attached hydrogens (tertiary/aromatic N) is 2. The van der Waals surface area contributed by atoms with Crippen LogP contribution in [0, 0.1) is 10.1 Å². The van der Waals surface area contributed by atoms with Crippen LogP contribution < -0.4 is 9.47 Å². The second-order valence-electron chi connectivity index (χ2n) is 4.98. The molecule has 0 bridgehead atoms. The normalized spacial score (nSPS) is 12.8. The lowest BCUT2D eigenvalue weighted by Crippen LogP contribution is -2.56. The monoisotopic (exact) mass is 297 g/mol. The molecule has 0 heterocycles. The van der Waals surface area contributed by atoms with Crippen LogP contribution in [0.4, 0.5) is 5.69 Å². The van der Waals surface area contributed by atoms with Crippen molar-refractivity contribution in [1.29, 1.82) is 0 Å². The summed E-state index contributed by atoms with van der Waals surface area (Å²) in [7, 11) is 1.53. The van der Waals surface area contributed by atoms with E-state index in [0.717, 1.165) is 24.1 Å². The number of quaternary nitrogens is 1. The lowest BCUT2D eigenvalue weighted by molar-refractivity contribution is -0.961. The number of hydrogen-bond acceptors (Lipinski definition) is 4. The van der Waals surface area contributed by atoms with E-state index in [0.29, 0.717) is 11.5 Å². The molecule has 0 fully saturated rings. The maximum absolute atomic E-state index is 10.9. The largest absolute Gasteiger partial charge is 0.493 e. The fourth-order valence-electron chi connectivity index (χ4n) is 2.61. The summed E-state index contributed by atoms with van der Waals surface area (Å²) in [6, 6.07) is 4.40. The SMILES string of the molecule is CC[N+](CC)(CC)C(C)Oc1cc([N+](=O)[O-])ccc1OC. The third-order valence-corrected chi connectivity index (χ3v) is 4.32. The van der Waals surface area contributed by atoms with E-state index in [9.17, 15) is 10.1 Å². The molecule has 0 N–H and O–H groups in total. The number of rotatable bonds is 8. The molecule has 1 aromatic rings. The first kappa shape index (κ1) is 17.2. The lowest BCUT2D eigenvalue weighted by Gasteiger charge is -2.40. The van der Waals surface area contributed by atoms with Gasteiger partial charge in [0.05, 0.1) is 37.7 Å². The Morgan fingerprint density at radius 2 is 1.76 bits per heavy atom. The summed E-state index contributed by atoms with van der Waals surface area (Å²) < 4.78 is 12.0. The first-order valence-electron chi connectivity index (χ1n) is 7.28. The van der Waals surface area contributed by atoms with Crippen molar-refractivity contribution >= 4 is 5.69 Å². The Morgan fingerprint density at radius 1 is 1.19 bits per heavy atom. The third-order valence-electron chi connectivity index (χ3n) is 4.32. The number of non-ortho nitro benzene ring substituents is 1. The van der Waals surface area contributed by atoms with Crippen LogP contribution in [0.25, 0.3) is 0 Å². The maximum atomic E-state index is 10.9. The number of nitro groups is 1. The van der Waals surface area contributed by atoms with Gasteiger partial charge in [-0.05, 0) is 26.8 Å². The molecule has 1 rings (SSSR count). The zero-order chi connectivity index (χ0) is 16.0. The number of hydrogen-bond donors (Lipinski definition) is 0. The first-order valence-corrected chi connectivity index (χ1v) is 7.28. The Morgan fingerprint density at radius 3 is 2.19 bits per heavy atom. The van der Waals surface area contributed by atoms with Crippen molar-refractivity contribution in [2.45, 2.75) is 33.9 Å². The smallest absolute Gasteiger partial charge is 0.273 e. The summed E-state index contributed by atoms with van der Waals surface area (Å²) >= 11 is 0. The summed E-state index contributed by atoms with van der Waals surface area (Å²) in [5.74, 6) is 0.922. The van der Waals surface area contributed by atoms with Gasteiger partial charge in [0.2, 0.25) is 6.23 Å². The Kier molecular flexibility index (Phi) is 5.96. The van der Waals surface area contributed by atoms with Gasteiger partial charge < -0.3 is 9.47 Å². The van der Waals surface area contributed by atoms with E-state index in [4.69, 9.17) is 9.47 Å². The summed E-state index contributed by atoms with van der Waals surface area (Å²) in [4.78, 5) is 10.5. The van der Waals surface area contributed by atoms with Gasteiger partial charge in [0.25, 0.3) is 5.69 Å². The summed E-state index contributed by atoms with van der Waals surface area (Å²) in [6.45, 7) is 11.2. The van der Waals surface area contributed by atoms with Crippen molar-refractivity contribution in [2.75, 3.05) is 26.7 Å². The van der Waals surface area contributed by atoms with Gasteiger partial charge in [-0.3, -0.25) is 14.6 Å². The van der Waals surface area contributed by atoms with Crippen molar-refractivity contribution in [3.8, 4) is 11.5 Å². The third kappa shape index (κ3) is 3.64. The van der Waals surface area contributed by atoms with Crippen LogP contribution in [-0.2, 0) is 0 Å². The average molecular weight is 297 g/mol. The van der Waals surface area contributed by atoms with Crippen molar-refractivity contribution in [2.24, 2.45) is 0 Å². The zero-order valence-corrected chi connectivity index (χ0v) is 13.5. The Hall–Kier alpha value is -1.82. The van der Waals surface area contributed by atoms with E-state index in [-0.39, 0.29) is 11.9 Å². The molecule has 0 radical (unpaired) electrons. The highest BCUT2D eigenvalue weighted by Crippen LogP contribution is 2.33. The van der Waals surface area contributed by atoms with Gasteiger partial charge in [-0.2, -0.15) is 0 Å². The zero-order valence-electron chi connectivity index (χ0n) is 13.5. The highest BCUT2D eigenvalue weighted by molar-refractivity contribution is 5.48. The maximum Gasteiger partial charge on any atom is 0.273 e. The Labute approximate surface area is 126 Å². The standard InChI is InChI=1S/C15H25N2O4/c1-6-17(7-2,8-3)12(4)21-15-11-13(16(18)19)9-10-14(15)20-5/h9-12H,6-8H2,1-5H3/q+1. The number of ether oxygens (including phenoxy) is 2. The van der Waals surface area contributed by atoms with E-state index < -0.39 is 4.92 Å². The second-order valence-corrected chi connectivity index (χ2v) is 4.98. The van der Waals surface area contributed by atoms with E-state index in [1.165, 1.54) is 19.2 Å². The molecule has 6 heteroatoms. The fraction of sp³-hybridized carbons (Fsp3) is 0.600. The summed E-state index contributed by atoms with van der Waals surface area (Å²) in [6.07, 6.45) is -0.110. The molecule has 0 aliphatic heterocycles. The average Bonchev–Trinajstić information content (AvgIpc) is 2.49. The molecule has 0 saturated carbocycles. The van der Waals surface area contributed by atoms with Gasteiger partial charge in [0.1, 0.15) is 0 Å². The molecular weight excluding hydrogens is 272 g/mol. The van der Waals surface area contributed by atoms with Crippen LogP contribution in [0.1, 0.15) is 27.7 Å². The van der Waals surface area contributed by atoms with Crippen LogP contribution >= 0.6 is 0 Å². The minimum Gasteiger partial charge on any atom is -0.493 e. The van der Waals surface area contributed by atoms with Crippen LogP contribution in [0.15, 0.2) is 18.2 Å². The van der Waals surface area contributed by atoms with Crippen LogP contribution in [0.5, 0.6) is 11.5 Å². The molecular formula is C15H25N2O4+. The molecule has 0 spiro atoms. The molecule has 0 saturated heterocycles. The molecule has 1 unspecified atom stereocenters. The highest BCUT2D eigenvalue weighted by atomic mass is 16.6. The van der Waals surface area contributed by atoms with Crippen LogP contribution in [0.3, 0.4) is 0 Å². The fourth-order valence-corrected chi connectivity index (χ4v) is 2.61. The molecule has 0 amide bonds. The predicted octanol–water partition coefficient (Wildman–Crippen LogP) is 3.20. The topological polar surface area (TPSA) is 61.6 Å². The number of methoxy groups -OCH3 is 1. The quantitative estimate of drug-likeness (QED) is 0.320. The van der Waals surface area contributed by atoms with Gasteiger partial charge in [0, 0.05) is 13.0 Å². The van der Waals surface area contributed by atoms with Gasteiger partial charge in [-0.15, -0.1) is 0 Å². The number of benzene rings is 1. The van der Waals surface area contributed by atoms with Crippen LogP contribution in [0.2, 0.25) is 0 Å². The molecule has 0 aliphatic carbocycles. The highest BCUT2D eigenvalue weighted by Gasteiger charge is 2.31. The van der Waals surface area contributed by atoms with Crippen molar-refractivity contribution in [3.63, 3.8) is 0 Å². The van der Waals surface area contributed by atoms with Gasteiger partial charge in [-0.1, -0.05) is 0 Å². The number of nitro benzene ring substituents is 1. The van der Waals surface area contributed by atoms with Crippen molar-refractivity contribution in [3.05, 3.63) is 28.3 Å². The van der Waals surface area contributed by atoms with Gasteiger partial charge in [0.15, 0.2) is 11.5 Å². The Balaban J connectivity index is 3.10. The Bertz CT molecular complexity index is 478. The van der Waals surface area contributed by atoms with E-state index >= 15 is 0 Å². The first-order chi connectivity index (χ1) is 9.93. The molecule has 1 atom stereocenters.